The van der Waals surface area contributed by atoms with Crippen molar-refractivity contribution in [1.82, 2.24) is 4.90 Å². The van der Waals surface area contributed by atoms with Crippen molar-refractivity contribution in [1.29, 1.82) is 0 Å². The number of carboxylic acids is 1. The van der Waals surface area contributed by atoms with E-state index in [0.717, 1.165) is 6.42 Å². The minimum absolute atomic E-state index is 0.103. The first kappa shape index (κ1) is 19.9. The number of carbonyl (C=O) groups is 3. The largest absolute Gasteiger partial charge is 0.481 e. The topological polar surface area (TPSA) is 95.9 Å². The molecule has 1 unspecified atom stereocenters. The molecule has 142 valence electrons. The van der Waals surface area contributed by atoms with Crippen molar-refractivity contribution in [2.24, 2.45) is 5.92 Å². The fourth-order valence-electron chi connectivity index (χ4n) is 2.87. The number of carbonyl (C=O) groups excluding carboxylic acids is 2. The minimum Gasteiger partial charge on any atom is -0.481 e. The summed E-state index contributed by atoms with van der Waals surface area (Å²) in [6.07, 6.45) is 1.02. The molecule has 7 nitrogen and oxygen atoms in total. The Kier molecular flexibility index (Phi) is 7.15. The number of hydrogen-bond acceptors (Lipinski definition) is 4. The van der Waals surface area contributed by atoms with Crippen LogP contribution in [0.15, 0.2) is 24.3 Å². The summed E-state index contributed by atoms with van der Waals surface area (Å²) in [4.78, 5) is 37.3. The van der Waals surface area contributed by atoms with Crippen molar-refractivity contribution in [3.05, 3.63) is 29.8 Å². The van der Waals surface area contributed by atoms with Crippen molar-refractivity contribution < 1.29 is 24.2 Å². The number of amides is 2. The van der Waals surface area contributed by atoms with E-state index in [1.165, 1.54) is 0 Å². The molecule has 1 aliphatic rings. The Morgan fingerprint density at radius 3 is 2.73 bits per heavy atom. The van der Waals surface area contributed by atoms with Crippen molar-refractivity contribution in [3.63, 3.8) is 0 Å². The Morgan fingerprint density at radius 2 is 2.12 bits per heavy atom. The van der Waals surface area contributed by atoms with Crippen molar-refractivity contribution >= 4 is 23.5 Å². The number of ether oxygens (including phenoxy) is 1. The van der Waals surface area contributed by atoms with Crippen LogP contribution in [0, 0.1) is 5.92 Å². The second kappa shape index (κ2) is 9.33. The molecule has 0 aromatic heterocycles. The molecule has 2 N–H and O–H groups in total. The lowest BCUT2D eigenvalue weighted by Crippen LogP contribution is -2.36. The van der Waals surface area contributed by atoms with E-state index >= 15 is 0 Å². The molecule has 0 radical (unpaired) electrons. The van der Waals surface area contributed by atoms with Gasteiger partial charge in [-0.1, -0.05) is 19.9 Å². The Hall–Kier alpha value is -2.41. The molecule has 1 fully saturated rings. The molecule has 1 aliphatic heterocycles. The number of nitrogens with zero attached hydrogens (tertiary/aromatic N) is 1. The zero-order chi connectivity index (χ0) is 19.1. The minimum atomic E-state index is -0.941. The van der Waals surface area contributed by atoms with E-state index in [9.17, 15) is 14.4 Å². The van der Waals surface area contributed by atoms with Gasteiger partial charge < -0.3 is 20.1 Å². The number of benzene rings is 1. The third kappa shape index (κ3) is 5.84. The predicted octanol–water partition coefficient (Wildman–Crippen LogP) is 2.38. The van der Waals surface area contributed by atoms with Crippen LogP contribution in [0.5, 0.6) is 0 Å². The lowest BCUT2D eigenvalue weighted by molar-refractivity contribution is -0.137. The van der Waals surface area contributed by atoms with Gasteiger partial charge in [0.2, 0.25) is 0 Å². The van der Waals surface area contributed by atoms with Gasteiger partial charge >= 0.3 is 5.97 Å². The summed E-state index contributed by atoms with van der Waals surface area (Å²) in [5.41, 5.74) is 0.945. The van der Waals surface area contributed by atoms with E-state index in [0.29, 0.717) is 30.8 Å². The van der Waals surface area contributed by atoms with Crippen LogP contribution in [-0.4, -0.2) is 53.6 Å². The van der Waals surface area contributed by atoms with Crippen LogP contribution in [-0.2, 0) is 14.3 Å². The fourth-order valence-corrected chi connectivity index (χ4v) is 2.87. The quantitative estimate of drug-likeness (QED) is 0.740. The number of hydrogen-bond donors (Lipinski definition) is 2. The highest BCUT2D eigenvalue weighted by molar-refractivity contribution is 5.98. The Bertz CT molecular complexity index is 653. The molecule has 0 bridgehead atoms. The Balaban J connectivity index is 2.08. The van der Waals surface area contributed by atoms with E-state index in [-0.39, 0.29) is 30.7 Å². The average Bonchev–Trinajstić information content (AvgIpc) is 3.12. The van der Waals surface area contributed by atoms with Gasteiger partial charge in [-0.2, -0.15) is 0 Å². The predicted molar refractivity (Wildman–Crippen MR) is 97.0 cm³/mol. The van der Waals surface area contributed by atoms with Crippen LogP contribution in [0.25, 0.3) is 0 Å². The molecule has 1 atom stereocenters. The number of rotatable bonds is 8. The summed E-state index contributed by atoms with van der Waals surface area (Å²) in [5, 5.41) is 11.7. The van der Waals surface area contributed by atoms with Crippen molar-refractivity contribution in [3.8, 4) is 0 Å². The lowest BCUT2D eigenvalue weighted by atomic mass is 10.1. The molecule has 1 heterocycles. The van der Waals surface area contributed by atoms with E-state index < -0.39 is 12.1 Å². The average molecular weight is 362 g/mol. The van der Waals surface area contributed by atoms with E-state index in [1.54, 1.807) is 29.2 Å². The van der Waals surface area contributed by atoms with Gasteiger partial charge in [0.05, 0.1) is 6.42 Å². The molecular weight excluding hydrogens is 336 g/mol. The molecule has 0 spiro atoms. The molecule has 1 saturated heterocycles. The van der Waals surface area contributed by atoms with Gasteiger partial charge in [-0.15, -0.1) is 0 Å². The number of aliphatic carboxylic acids is 1. The summed E-state index contributed by atoms with van der Waals surface area (Å²) in [6, 6.07) is 6.69. The summed E-state index contributed by atoms with van der Waals surface area (Å²) in [6.45, 7) is 5.15. The zero-order valence-electron chi connectivity index (χ0n) is 15.2. The third-order valence-electron chi connectivity index (χ3n) is 4.07. The molecule has 0 aliphatic carbocycles. The molecule has 2 rings (SSSR count). The van der Waals surface area contributed by atoms with Gasteiger partial charge in [-0.3, -0.25) is 14.4 Å². The summed E-state index contributed by atoms with van der Waals surface area (Å²) >= 11 is 0. The molecule has 0 saturated carbocycles. The first-order valence-corrected chi connectivity index (χ1v) is 8.90. The highest BCUT2D eigenvalue weighted by Crippen LogP contribution is 2.17. The van der Waals surface area contributed by atoms with Crippen LogP contribution in [0.1, 0.15) is 43.5 Å². The second-order valence-corrected chi connectivity index (χ2v) is 6.86. The van der Waals surface area contributed by atoms with Gasteiger partial charge in [-0.05, 0) is 37.0 Å². The zero-order valence-corrected chi connectivity index (χ0v) is 15.2. The van der Waals surface area contributed by atoms with Gasteiger partial charge in [-0.25, -0.2) is 0 Å². The molecule has 1 aromatic rings. The Labute approximate surface area is 153 Å². The van der Waals surface area contributed by atoms with Crippen LogP contribution in [0.2, 0.25) is 0 Å². The van der Waals surface area contributed by atoms with E-state index in [4.69, 9.17) is 9.84 Å². The summed E-state index contributed by atoms with van der Waals surface area (Å²) in [7, 11) is 0. The first-order valence-electron chi connectivity index (χ1n) is 8.90. The second-order valence-electron chi connectivity index (χ2n) is 6.86. The normalized spacial score (nSPS) is 16.5. The van der Waals surface area contributed by atoms with Gasteiger partial charge in [0.25, 0.3) is 11.8 Å². The standard InChI is InChI=1S/C19H26N2O5/c1-13(2)12-21(9-8-17(22)23)19(25)14-5-3-6-15(11-14)20-18(24)16-7-4-10-26-16/h3,5-6,11,13,16H,4,7-10,12H2,1-2H3,(H,20,24)(H,22,23). The highest BCUT2D eigenvalue weighted by Gasteiger charge is 2.24. The van der Waals surface area contributed by atoms with Gasteiger partial charge in [0.15, 0.2) is 0 Å². The maximum atomic E-state index is 12.8. The van der Waals surface area contributed by atoms with Crippen molar-refractivity contribution in [2.45, 2.75) is 39.2 Å². The SMILES string of the molecule is CC(C)CN(CCC(=O)O)C(=O)c1cccc(NC(=O)C2CCCO2)c1. The van der Waals surface area contributed by atoms with Crippen LogP contribution in [0.4, 0.5) is 5.69 Å². The number of nitrogens with one attached hydrogen (secondary N) is 1. The maximum absolute atomic E-state index is 12.8. The van der Waals surface area contributed by atoms with Gasteiger partial charge in [0, 0.05) is 30.9 Å². The van der Waals surface area contributed by atoms with Crippen LogP contribution in [0.3, 0.4) is 0 Å². The molecule has 26 heavy (non-hydrogen) atoms. The van der Waals surface area contributed by atoms with E-state index in [2.05, 4.69) is 5.32 Å². The fraction of sp³-hybridized carbons (Fsp3) is 0.526. The molecule has 7 heteroatoms. The van der Waals surface area contributed by atoms with E-state index in [1.807, 2.05) is 13.8 Å². The summed E-state index contributed by atoms with van der Waals surface area (Å²) < 4.78 is 5.36. The number of carboxylic acid groups (broad SMARTS) is 1. The van der Waals surface area contributed by atoms with Crippen molar-refractivity contribution in [2.75, 3.05) is 25.0 Å². The number of anilines is 1. The van der Waals surface area contributed by atoms with Gasteiger partial charge in [0.1, 0.15) is 6.10 Å². The molecule has 1 aromatic carbocycles. The third-order valence-corrected chi connectivity index (χ3v) is 4.07. The molecule has 2 amide bonds. The Morgan fingerprint density at radius 1 is 1.35 bits per heavy atom. The lowest BCUT2D eigenvalue weighted by Gasteiger charge is -2.24. The smallest absolute Gasteiger partial charge is 0.305 e. The monoisotopic (exact) mass is 362 g/mol. The highest BCUT2D eigenvalue weighted by atomic mass is 16.5. The summed E-state index contributed by atoms with van der Waals surface area (Å²) in [5.74, 6) is -1.18. The molecular formula is C19H26N2O5. The van der Waals surface area contributed by atoms with Crippen LogP contribution < -0.4 is 5.32 Å². The van der Waals surface area contributed by atoms with Crippen LogP contribution >= 0.6 is 0 Å². The maximum Gasteiger partial charge on any atom is 0.305 e. The first-order chi connectivity index (χ1) is 12.4.